The summed E-state index contributed by atoms with van der Waals surface area (Å²) in [6, 6.07) is 7.44. The Balaban J connectivity index is 2.66. The lowest BCUT2D eigenvalue weighted by molar-refractivity contribution is 0.313. The molecule has 0 aliphatic rings. The lowest BCUT2D eigenvalue weighted by atomic mass is 10.2. The van der Waals surface area contributed by atoms with Gasteiger partial charge in [-0.3, -0.25) is 9.78 Å². The molecule has 4 heteroatoms. The Morgan fingerprint density at radius 2 is 2.21 bits per heavy atom. The van der Waals surface area contributed by atoms with Crippen molar-refractivity contribution in [2.24, 2.45) is 0 Å². The SMILES string of the molecule is CCOc1nc2ccccc2c(=O)[nH]1. The van der Waals surface area contributed by atoms with E-state index in [0.717, 1.165) is 0 Å². The van der Waals surface area contributed by atoms with Crippen molar-refractivity contribution < 1.29 is 4.74 Å². The summed E-state index contributed by atoms with van der Waals surface area (Å²) in [5.74, 6) is 0. The van der Waals surface area contributed by atoms with E-state index in [0.29, 0.717) is 17.5 Å². The zero-order valence-electron chi connectivity index (χ0n) is 7.78. The highest BCUT2D eigenvalue weighted by Gasteiger charge is 2.02. The fraction of sp³-hybridized carbons (Fsp3) is 0.200. The predicted octanol–water partition coefficient (Wildman–Crippen LogP) is 1.32. The van der Waals surface area contributed by atoms with Crippen molar-refractivity contribution >= 4 is 10.9 Å². The first kappa shape index (κ1) is 8.74. The molecule has 1 heterocycles. The van der Waals surface area contributed by atoms with Crippen LogP contribution in [0.25, 0.3) is 10.9 Å². The predicted molar refractivity (Wildman–Crippen MR) is 53.5 cm³/mol. The van der Waals surface area contributed by atoms with Gasteiger partial charge in [-0.1, -0.05) is 12.1 Å². The molecule has 0 aliphatic carbocycles. The minimum absolute atomic E-state index is 0.168. The number of fused-ring (bicyclic) bond motifs is 1. The largest absolute Gasteiger partial charge is 0.465 e. The fourth-order valence-electron chi connectivity index (χ4n) is 1.27. The van der Waals surface area contributed by atoms with Crippen LogP contribution in [0.15, 0.2) is 29.1 Å². The summed E-state index contributed by atoms with van der Waals surface area (Å²) in [6.45, 7) is 2.33. The molecule has 14 heavy (non-hydrogen) atoms. The molecule has 0 fully saturated rings. The van der Waals surface area contributed by atoms with Crippen LogP contribution in [0.3, 0.4) is 0 Å². The molecular formula is C10H10N2O2. The Morgan fingerprint density at radius 1 is 1.43 bits per heavy atom. The molecule has 0 saturated carbocycles. The zero-order valence-corrected chi connectivity index (χ0v) is 7.78. The van der Waals surface area contributed by atoms with Gasteiger partial charge in [0.15, 0.2) is 0 Å². The van der Waals surface area contributed by atoms with Crippen LogP contribution in [0.2, 0.25) is 0 Å². The van der Waals surface area contributed by atoms with E-state index in [4.69, 9.17) is 4.74 Å². The van der Waals surface area contributed by atoms with Gasteiger partial charge >= 0.3 is 0 Å². The van der Waals surface area contributed by atoms with Crippen LogP contribution < -0.4 is 10.3 Å². The van der Waals surface area contributed by atoms with Gasteiger partial charge in [0.1, 0.15) is 0 Å². The second kappa shape index (κ2) is 3.49. The summed E-state index contributed by atoms with van der Waals surface area (Å²) >= 11 is 0. The number of hydrogen-bond acceptors (Lipinski definition) is 3. The van der Waals surface area contributed by atoms with E-state index >= 15 is 0 Å². The van der Waals surface area contributed by atoms with Crippen molar-refractivity contribution in [2.45, 2.75) is 6.92 Å². The quantitative estimate of drug-likeness (QED) is 0.777. The lowest BCUT2D eigenvalue weighted by Gasteiger charge is -2.02. The van der Waals surface area contributed by atoms with Crippen molar-refractivity contribution in [3.63, 3.8) is 0 Å². The number of hydrogen-bond donors (Lipinski definition) is 1. The van der Waals surface area contributed by atoms with Crippen molar-refractivity contribution in [3.05, 3.63) is 34.6 Å². The first-order valence-electron chi connectivity index (χ1n) is 4.43. The number of aromatic amines is 1. The minimum atomic E-state index is -0.168. The van der Waals surface area contributed by atoms with Crippen LogP contribution in [-0.2, 0) is 0 Å². The molecule has 0 spiro atoms. The summed E-state index contributed by atoms with van der Waals surface area (Å²) in [7, 11) is 0. The first-order valence-corrected chi connectivity index (χ1v) is 4.43. The number of aromatic nitrogens is 2. The van der Waals surface area contributed by atoms with Gasteiger partial charge in [-0.15, -0.1) is 0 Å². The molecule has 0 atom stereocenters. The van der Waals surface area contributed by atoms with E-state index in [1.807, 2.05) is 13.0 Å². The summed E-state index contributed by atoms with van der Waals surface area (Å²) in [5, 5.41) is 0.580. The molecule has 0 amide bonds. The first-order chi connectivity index (χ1) is 6.81. The van der Waals surface area contributed by atoms with E-state index < -0.39 is 0 Å². The van der Waals surface area contributed by atoms with Crippen LogP contribution in [-0.4, -0.2) is 16.6 Å². The molecule has 72 valence electrons. The third-order valence-electron chi connectivity index (χ3n) is 1.87. The molecule has 1 aromatic carbocycles. The molecule has 0 aliphatic heterocycles. The third-order valence-corrected chi connectivity index (χ3v) is 1.87. The highest BCUT2D eigenvalue weighted by molar-refractivity contribution is 5.77. The van der Waals surface area contributed by atoms with Crippen LogP contribution in [0.1, 0.15) is 6.92 Å². The molecule has 1 aromatic heterocycles. The summed E-state index contributed by atoms with van der Waals surface area (Å²) < 4.78 is 5.13. The van der Waals surface area contributed by atoms with E-state index in [9.17, 15) is 4.79 Å². The van der Waals surface area contributed by atoms with Gasteiger partial charge in [-0.05, 0) is 19.1 Å². The zero-order chi connectivity index (χ0) is 9.97. The molecule has 2 rings (SSSR count). The molecule has 0 unspecified atom stereocenters. The third kappa shape index (κ3) is 1.46. The average Bonchev–Trinajstić information content (AvgIpc) is 2.18. The molecule has 0 radical (unpaired) electrons. The van der Waals surface area contributed by atoms with E-state index in [2.05, 4.69) is 9.97 Å². The van der Waals surface area contributed by atoms with Crippen LogP contribution >= 0.6 is 0 Å². The molecule has 1 N–H and O–H groups in total. The van der Waals surface area contributed by atoms with Crippen LogP contribution in [0.5, 0.6) is 6.01 Å². The second-order valence-corrected chi connectivity index (χ2v) is 2.82. The average molecular weight is 190 g/mol. The number of nitrogens with one attached hydrogen (secondary N) is 1. The van der Waals surface area contributed by atoms with Crippen LogP contribution in [0, 0.1) is 0 Å². The van der Waals surface area contributed by atoms with Gasteiger partial charge in [0.25, 0.3) is 11.6 Å². The second-order valence-electron chi connectivity index (χ2n) is 2.82. The molecule has 4 nitrogen and oxygen atoms in total. The highest BCUT2D eigenvalue weighted by atomic mass is 16.5. The summed E-state index contributed by atoms with van der Waals surface area (Å²) in [4.78, 5) is 18.2. The fourth-order valence-corrected chi connectivity index (χ4v) is 1.27. The van der Waals surface area contributed by atoms with Gasteiger partial charge in [-0.25, -0.2) is 0 Å². The number of benzene rings is 1. The standard InChI is InChI=1S/C10H10N2O2/c1-2-14-10-11-8-6-4-3-5-7(8)9(13)12-10/h3-6H,2H2,1H3,(H,11,12,13). The van der Waals surface area contributed by atoms with E-state index in [-0.39, 0.29) is 11.6 Å². The highest BCUT2D eigenvalue weighted by Crippen LogP contribution is 2.08. The van der Waals surface area contributed by atoms with Gasteiger partial charge in [-0.2, -0.15) is 4.98 Å². The van der Waals surface area contributed by atoms with E-state index in [1.54, 1.807) is 18.2 Å². The van der Waals surface area contributed by atoms with E-state index in [1.165, 1.54) is 0 Å². The monoisotopic (exact) mass is 190 g/mol. The number of H-pyrrole nitrogens is 1. The number of ether oxygens (including phenoxy) is 1. The maximum Gasteiger partial charge on any atom is 0.296 e. The maximum absolute atomic E-state index is 11.5. The van der Waals surface area contributed by atoms with Gasteiger partial charge in [0, 0.05) is 0 Å². The Morgan fingerprint density at radius 3 is 3.00 bits per heavy atom. The number of nitrogens with zero attached hydrogens (tertiary/aromatic N) is 1. The summed E-state index contributed by atoms with van der Waals surface area (Å²) in [6.07, 6.45) is 0. The Hall–Kier alpha value is -1.84. The number of para-hydroxylation sites is 1. The molecular weight excluding hydrogens is 180 g/mol. The van der Waals surface area contributed by atoms with Gasteiger partial charge in [0.2, 0.25) is 0 Å². The van der Waals surface area contributed by atoms with Crippen molar-refractivity contribution in [3.8, 4) is 6.01 Å². The molecule has 2 aromatic rings. The lowest BCUT2D eigenvalue weighted by Crippen LogP contribution is -2.10. The van der Waals surface area contributed by atoms with Crippen LogP contribution in [0.4, 0.5) is 0 Å². The van der Waals surface area contributed by atoms with Gasteiger partial charge < -0.3 is 4.74 Å². The Labute approximate surface area is 80.6 Å². The molecule has 0 bridgehead atoms. The smallest absolute Gasteiger partial charge is 0.296 e. The van der Waals surface area contributed by atoms with Crippen molar-refractivity contribution in [1.82, 2.24) is 9.97 Å². The topological polar surface area (TPSA) is 55.0 Å². The van der Waals surface area contributed by atoms with Gasteiger partial charge in [0.05, 0.1) is 17.5 Å². The van der Waals surface area contributed by atoms with Crippen molar-refractivity contribution in [1.29, 1.82) is 0 Å². The Bertz CT molecular complexity index is 505. The molecule has 0 saturated heterocycles. The normalized spacial score (nSPS) is 10.4. The maximum atomic E-state index is 11.5. The minimum Gasteiger partial charge on any atom is -0.465 e. The summed E-state index contributed by atoms with van der Waals surface area (Å²) in [5.41, 5.74) is 0.485. The van der Waals surface area contributed by atoms with Crippen molar-refractivity contribution in [2.75, 3.05) is 6.61 Å². The Kier molecular flexibility index (Phi) is 2.18. The number of rotatable bonds is 2.